The number of carbonyl (C=O) groups excluding carboxylic acids is 2. The quantitative estimate of drug-likeness (QED) is 0.783. The third kappa shape index (κ3) is 4.78. The average molecular weight is 414 g/mol. The maximum absolute atomic E-state index is 13.9. The fourth-order valence-corrected chi connectivity index (χ4v) is 3.66. The van der Waals surface area contributed by atoms with Crippen LogP contribution in [-0.4, -0.2) is 42.5 Å². The van der Waals surface area contributed by atoms with Crippen LogP contribution in [-0.2, 0) is 0 Å². The van der Waals surface area contributed by atoms with Crippen molar-refractivity contribution in [2.24, 2.45) is 5.92 Å². The Morgan fingerprint density at radius 2 is 1.73 bits per heavy atom. The highest BCUT2D eigenvalue weighted by atomic mass is 19.1. The molecule has 2 aliphatic rings. The molecule has 1 atom stereocenters. The highest BCUT2D eigenvalue weighted by Crippen LogP contribution is 2.23. The molecule has 1 aliphatic heterocycles. The minimum atomic E-state index is -0.843. The Labute approximate surface area is 174 Å². The van der Waals surface area contributed by atoms with E-state index in [1.54, 1.807) is 24.3 Å². The number of carbonyl (C=O) groups is 2. The van der Waals surface area contributed by atoms with Crippen LogP contribution in [0.4, 0.5) is 8.78 Å². The Morgan fingerprint density at radius 1 is 1.03 bits per heavy atom. The van der Waals surface area contributed by atoms with Crippen LogP contribution in [0, 0.1) is 17.6 Å². The van der Waals surface area contributed by atoms with Crippen LogP contribution in [0.3, 0.4) is 0 Å². The van der Waals surface area contributed by atoms with E-state index < -0.39 is 23.1 Å². The number of benzene rings is 2. The third-order valence-electron chi connectivity index (χ3n) is 5.50. The molecule has 7 heteroatoms. The lowest BCUT2D eigenvalue weighted by molar-refractivity contribution is 0.0623. The SMILES string of the molecule is O=C(NC1CC1)c1ccc(OCC2CCCN(C(=O)c3c(F)cccc3F)C2)cc1. The van der Waals surface area contributed by atoms with E-state index >= 15 is 0 Å². The van der Waals surface area contributed by atoms with Crippen LogP contribution in [0.2, 0.25) is 0 Å². The molecule has 4 rings (SSSR count). The molecule has 5 nitrogen and oxygen atoms in total. The Kier molecular flexibility index (Phi) is 5.97. The normalized spacial score (nSPS) is 18.7. The second-order valence-electron chi connectivity index (χ2n) is 7.94. The van der Waals surface area contributed by atoms with Gasteiger partial charge in [0.1, 0.15) is 22.9 Å². The van der Waals surface area contributed by atoms with Crippen LogP contribution in [0.15, 0.2) is 42.5 Å². The number of halogens is 2. The van der Waals surface area contributed by atoms with E-state index in [1.165, 1.54) is 11.0 Å². The molecule has 2 aromatic rings. The minimum absolute atomic E-state index is 0.0652. The lowest BCUT2D eigenvalue weighted by atomic mass is 9.98. The molecule has 1 saturated carbocycles. The maximum Gasteiger partial charge on any atom is 0.259 e. The van der Waals surface area contributed by atoms with Crippen molar-refractivity contribution in [3.63, 3.8) is 0 Å². The van der Waals surface area contributed by atoms with Crippen molar-refractivity contribution in [2.45, 2.75) is 31.7 Å². The van der Waals surface area contributed by atoms with E-state index in [-0.39, 0.29) is 11.8 Å². The minimum Gasteiger partial charge on any atom is -0.493 e. The summed E-state index contributed by atoms with van der Waals surface area (Å²) >= 11 is 0. The molecule has 2 aromatic carbocycles. The molecule has 158 valence electrons. The van der Waals surface area contributed by atoms with Gasteiger partial charge in [-0.3, -0.25) is 9.59 Å². The summed E-state index contributed by atoms with van der Waals surface area (Å²) in [6.07, 6.45) is 3.69. The van der Waals surface area contributed by atoms with Crippen LogP contribution in [0.1, 0.15) is 46.4 Å². The summed E-state index contributed by atoms with van der Waals surface area (Å²) in [6, 6.07) is 10.7. The molecule has 0 aromatic heterocycles. The molecule has 0 radical (unpaired) electrons. The molecule has 1 saturated heterocycles. The summed E-state index contributed by atoms with van der Waals surface area (Å²) in [5.41, 5.74) is 0.0923. The van der Waals surface area contributed by atoms with Gasteiger partial charge < -0.3 is 15.0 Å². The van der Waals surface area contributed by atoms with Gasteiger partial charge in [0.25, 0.3) is 11.8 Å². The summed E-state index contributed by atoms with van der Waals surface area (Å²) in [7, 11) is 0. The molecule has 2 fully saturated rings. The smallest absolute Gasteiger partial charge is 0.259 e. The zero-order valence-corrected chi connectivity index (χ0v) is 16.6. The molecule has 1 unspecified atom stereocenters. The van der Waals surface area contributed by atoms with E-state index in [0.717, 1.165) is 37.8 Å². The number of nitrogens with zero attached hydrogens (tertiary/aromatic N) is 1. The van der Waals surface area contributed by atoms with Crippen molar-refractivity contribution in [1.29, 1.82) is 0 Å². The van der Waals surface area contributed by atoms with E-state index in [1.807, 2.05) is 0 Å². The first-order chi connectivity index (χ1) is 14.5. The standard InChI is InChI=1S/C23H24F2N2O3/c24-19-4-1-5-20(25)21(19)23(29)27-12-2-3-15(13-27)14-30-18-10-6-16(7-11-18)22(28)26-17-8-9-17/h1,4-7,10-11,15,17H,2-3,8-9,12-14H2,(H,26,28). The summed E-state index contributed by atoms with van der Waals surface area (Å²) < 4.78 is 33.7. The molecule has 0 bridgehead atoms. The highest BCUT2D eigenvalue weighted by molar-refractivity contribution is 5.95. The van der Waals surface area contributed by atoms with Gasteiger partial charge in [0.15, 0.2) is 0 Å². The van der Waals surface area contributed by atoms with E-state index in [2.05, 4.69) is 5.32 Å². The Morgan fingerprint density at radius 3 is 2.40 bits per heavy atom. The molecule has 1 aliphatic carbocycles. The van der Waals surface area contributed by atoms with Crippen LogP contribution in [0.5, 0.6) is 5.75 Å². The van der Waals surface area contributed by atoms with E-state index in [0.29, 0.717) is 37.1 Å². The largest absolute Gasteiger partial charge is 0.493 e. The van der Waals surface area contributed by atoms with Crippen LogP contribution in [0.25, 0.3) is 0 Å². The van der Waals surface area contributed by atoms with Crippen molar-refractivity contribution in [3.05, 3.63) is 65.2 Å². The zero-order valence-electron chi connectivity index (χ0n) is 16.6. The molecular weight excluding hydrogens is 390 g/mol. The van der Waals surface area contributed by atoms with Crippen molar-refractivity contribution >= 4 is 11.8 Å². The fourth-order valence-electron chi connectivity index (χ4n) is 3.66. The van der Waals surface area contributed by atoms with Crippen molar-refractivity contribution in [2.75, 3.05) is 19.7 Å². The highest BCUT2D eigenvalue weighted by Gasteiger charge is 2.28. The van der Waals surface area contributed by atoms with Crippen molar-refractivity contribution in [3.8, 4) is 5.75 Å². The number of rotatable bonds is 6. The number of hydrogen-bond acceptors (Lipinski definition) is 3. The maximum atomic E-state index is 13.9. The predicted octanol–water partition coefficient (Wildman–Crippen LogP) is 3.79. The summed E-state index contributed by atoms with van der Waals surface area (Å²) in [6.45, 7) is 1.24. The molecule has 30 heavy (non-hydrogen) atoms. The molecule has 1 heterocycles. The summed E-state index contributed by atoms with van der Waals surface area (Å²) in [5.74, 6) is -1.68. The van der Waals surface area contributed by atoms with Crippen LogP contribution < -0.4 is 10.1 Å². The van der Waals surface area contributed by atoms with Gasteiger partial charge >= 0.3 is 0 Å². The summed E-state index contributed by atoms with van der Waals surface area (Å²) in [4.78, 5) is 26.1. The number of likely N-dealkylation sites (tertiary alicyclic amines) is 1. The number of nitrogens with one attached hydrogen (secondary N) is 1. The van der Waals surface area contributed by atoms with Gasteiger partial charge in [0.05, 0.1) is 6.61 Å². The Hall–Kier alpha value is -2.96. The molecule has 2 amide bonds. The molecular formula is C23H24F2N2O3. The lowest BCUT2D eigenvalue weighted by Gasteiger charge is -2.32. The number of hydrogen-bond donors (Lipinski definition) is 1. The van der Waals surface area contributed by atoms with Crippen molar-refractivity contribution in [1.82, 2.24) is 10.2 Å². The number of amides is 2. The monoisotopic (exact) mass is 414 g/mol. The first-order valence-electron chi connectivity index (χ1n) is 10.3. The lowest BCUT2D eigenvalue weighted by Crippen LogP contribution is -2.42. The predicted molar refractivity (Wildman–Crippen MR) is 107 cm³/mol. The fraction of sp³-hybridized carbons (Fsp3) is 0.391. The van der Waals surface area contributed by atoms with Gasteiger partial charge in [-0.2, -0.15) is 0 Å². The number of piperidine rings is 1. The van der Waals surface area contributed by atoms with Crippen molar-refractivity contribution < 1.29 is 23.1 Å². The Bertz CT molecular complexity index is 908. The van der Waals surface area contributed by atoms with Gasteiger partial charge in [-0.15, -0.1) is 0 Å². The van der Waals surface area contributed by atoms with E-state index in [9.17, 15) is 18.4 Å². The molecule has 1 N–H and O–H groups in total. The third-order valence-corrected chi connectivity index (χ3v) is 5.50. The Balaban J connectivity index is 1.32. The topological polar surface area (TPSA) is 58.6 Å². The van der Waals surface area contributed by atoms with Gasteiger partial charge in [-0.05, 0) is 62.1 Å². The van der Waals surface area contributed by atoms with Crippen LogP contribution >= 0.6 is 0 Å². The first kappa shape index (κ1) is 20.3. The number of ether oxygens (including phenoxy) is 1. The second-order valence-corrected chi connectivity index (χ2v) is 7.94. The van der Waals surface area contributed by atoms with Gasteiger partial charge in [-0.1, -0.05) is 6.07 Å². The van der Waals surface area contributed by atoms with Gasteiger partial charge in [-0.25, -0.2) is 8.78 Å². The van der Waals surface area contributed by atoms with E-state index in [4.69, 9.17) is 4.74 Å². The average Bonchev–Trinajstić information content (AvgIpc) is 3.56. The van der Waals surface area contributed by atoms with Gasteiger partial charge in [0.2, 0.25) is 0 Å². The first-order valence-corrected chi connectivity index (χ1v) is 10.3. The molecule has 0 spiro atoms. The second kappa shape index (κ2) is 8.81. The summed E-state index contributed by atoms with van der Waals surface area (Å²) in [5, 5.41) is 2.94. The van der Waals surface area contributed by atoms with Gasteiger partial charge in [0, 0.05) is 30.6 Å². The zero-order chi connectivity index (χ0) is 21.1.